The number of hydrogen-bond acceptors (Lipinski definition) is 2. The fourth-order valence-electron chi connectivity index (χ4n) is 2.45. The molecule has 0 bridgehead atoms. The van der Waals surface area contributed by atoms with Gasteiger partial charge in [0.05, 0.1) is 5.92 Å². The lowest BCUT2D eigenvalue weighted by molar-refractivity contribution is -0.137. The quantitative estimate of drug-likeness (QED) is 0.716. The number of nitrogens with one attached hydrogen (secondary N) is 1. The van der Waals surface area contributed by atoms with Gasteiger partial charge < -0.3 is 10.4 Å². The molecule has 2 rings (SSSR count). The van der Waals surface area contributed by atoms with E-state index in [2.05, 4.69) is 5.32 Å². The van der Waals surface area contributed by atoms with E-state index in [4.69, 9.17) is 5.11 Å². The maximum Gasteiger partial charge on any atom is 0.303 e. The Hall–Kier alpha value is -1.84. The van der Waals surface area contributed by atoms with Crippen molar-refractivity contribution >= 4 is 11.9 Å². The van der Waals surface area contributed by atoms with Gasteiger partial charge >= 0.3 is 5.97 Å². The van der Waals surface area contributed by atoms with Crippen LogP contribution in [0, 0.1) is 5.92 Å². The van der Waals surface area contributed by atoms with E-state index in [1.807, 2.05) is 30.3 Å². The molecule has 1 aromatic carbocycles. The van der Waals surface area contributed by atoms with Gasteiger partial charge in [0, 0.05) is 13.0 Å². The van der Waals surface area contributed by atoms with Crippen LogP contribution in [0.1, 0.15) is 43.6 Å². The van der Waals surface area contributed by atoms with Gasteiger partial charge in [0.15, 0.2) is 0 Å². The second-order valence-corrected chi connectivity index (χ2v) is 5.37. The van der Waals surface area contributed by atoms with Crippen LogP contribution in [-0.2, 0) is 9.59 Å². The standard InChI is InChI=1S/C16H21NO3/c18-14(19)8-4-5-11-17-16(20)15(13-9-10-13)12-6-2-1-3-7-12/h1-3,6-7,13,15H,4-5,8-11H2,(H,17,20)(H,18,19). The number of benzene rings is 1. The van der Waals surface area contributed by atoms with Gasteiger partial charge in [-0.25, -0.2) is 0 Å². The fraction of sp³-hybridized carbons (Fsp3) is 0.500. The Labute approximate surface area is 119 Å². The van der Waals surface area contributed by atoms with Crippen molar-refractivity contribution < 1.29 is 14.7 Å². The van der Waals surface area contributed by atoms with Crippen molar-refractivity contribution in [1.29, 1.82) is 0 Å². The number of carboxylic acid groups (broad SMARTS) is 1. The largest absolute Gasteiger partial charge is 0.481 e. The van der Waals surface area contributed by atoms with Crippen LogP contribution in [0.2, 0.25) is 0 Å². The van der Waals surface area contributed by atoms with Crippen molar-refractivity contribution in [2.75, 3.05) is 6.54 Å². The number of carboxylic acids is 1. The third-order valence-electron chi connectivity index (χ3n) is 3.65. The van der Waals surface area contributed by atoms with Crippen LogP contribution in [0.25, 0.3) is 0 Å². The predicted molar refractivity (Wildman–Crippen MR) is 76.4 cm³/mol. The van der Waals surface area contributed by atoms with E-state index < -0.39 is 5.97 Å². The monoisotopic (exact) mass is 275 g/mol. The number of amides is 1. The normalized spacial score (nSPS) is 15.6. The zero-order valence-corrected chi connectivity index (χ0v) is 11.5. The molecule has 1 amide bonds. The topological polar surface area (TPSA) is 66.4 Å². The molecule has 20 heavy (non-hydrogen) atoms. The van der Waals surface area contributed by atoms with Crippen LogP contribution < -0.4 is 5.32 Å². The minimum Gasteiger partial charge on any atom is -0.481 e. The molecule has 0 spiro atoms. The zero-order valence-electron chi connectivity index (χ0n) is 11.5. The molecule has 0 saturated heterocycles. The van der Waals surface area contributed by atoms with Crippen LogP contribution in [0.5, 0.6) is 0 Å². The van der Waals surface area contributed by atoms with Crippen molar-refractivity contribution in [2.45, 2.75) is 38.0 Å². The Kier molecular flexibility index (Phi) is 5.16. The van der Waals surface area contributed by atoms with Crippen LogP contribution in [-0.4, -0.2) is 23.5 Å². The maximum absolute atomic E-state index is 12.3. The number of carbonyl (C=O) groups is 2. The minimum atomic E-state index is -0.781. The molecule has 108 valence electrons. The van der Waals surface area contributed by atoms with Gasteiger partial charge in [-0.2, -0.15) is 0 Å². The van der Waals surface area contributed by atoms with E-state index in [9.17, 15) is 9.59 Å². The highest BCUT2D eigenvalue weighted by Crippen LogP contribution is 2.42. The summed E-state index contributed by atoms with van der Waals surface area (Å²) < 4.78 is 0. The molecule has 0 aliphatic heterocycles. The summed E-state index contributed by atoms with van der Waals surface area (Å²) in [4.78, 5) is 22.7. The predicted octanol–water partition coefficient (Wildman–Crippen LogP) is 2.55. The van der Waals surface area contributed by atoms with Crippen molar-refractivity contribution in [1.82, 2.24) is 5.32 Å². The molecule has 1 aromatic rings. The summed E-state index contributed by atoms with van der Waals surface area (Å²) in [5.74, 6) is -0.280. The first-order valence-electron chi connectivity index (χ1n) is 7.23. The Morgan fingerprint density at radius 1 is 1.20 bits per heavy atom. The summed E-state index contributed by atoms with van der Waals surface area (Å²) >= 11 is 0. The number of hydrogen-bond donors (Lipinski definition) is 2. The average molecular weight is 275 g/mol. The van der Waals surface area contributed by atoms with Gasteiger partial charge in [-0.1, -0.05) is 30.3 Å². The van der Waals surface area contributed by atoms with E-state index in [-0.39, 0.29) is 18.2 Å². The molecule has 0 aromatic heterocycles. The molecule has 0 radical (unpaired) electrons. The van der Waals surface area contributed by atoms with E-state index in [0.29, 0.717) is 25.3 Å². The van der Waals surface area contributed by atoms with Crippen molar-refractivity contribution in [3.05, 3.63) is 35.9 Å². The Morgan fingerprint density at radius 3 is 2.50 bits per heavy atom. The molecule has 1 aliphatic rings. The summed E-state index contributed by atoms with van der Waals surface area (Å²) in [6.07, 6.45) is 3.72. The lowest BCUT2D eigenvalue weighted by Gasteiger charge is -2.16. The first-order chi connectivity index (χ1) is 9.68. The summed E-state index contributed by atoms with van der Waals surface area (Å²) in [5, 5.41) is 11.5. The van der Waals surface area contributed by atoms with Gasteiger partial charge in [-0.15, -0.1) is 0 Å². The number of unbranched alkanes of at least 4 members (excludes halogenated alkanes) is 1. The molecular weight excluding hydrogens is 254 g/mol. The molecule has 1 aliphatic carbocycles. The smallest absolute Gasteiger partial charge is 0.303 e. The SMILES string of the molecule is O=C(O)CCCCNC(=O)C(c1ccccc1)C1CC1. The summed E-state index contributed by atoms with van der Waals surface area (Å²) in [7, 11) is 0. The van der Waals surface area contributed by atoms with Crippen LogP contribution in [0.4, 0.5) is 0 Å². The van der Waals surface area contributed by atoms with Crippen molar-refractivity contribution in [2.24, 2.45) is 5.92 Å². The van der Waals surface area contributed by atoms with Crippen LogP contribution >= 0.6 is 0 Å². The first kappa shape index (κ1) is 14.6. The Bertz CT molecular complexity index is 454. The first-order valence-corrected chi connectivity index (χ1v) is 7.23. The van der Waals surface area contributed by atoms with E-state index in [0.717, 1.165) is 18.4 Å². The summed E-state index contributed by atoms with van der Waals surface area (Å²) in [5.41, 5.74) is 1.08. The molecular formula is C16H21NO3. The number of aliphatic carboxylic acids is 1. The van der Waals surface area contributed by atoms with Gasteiger partial charge in [0.1, 0.15) is 0 Å². The lowest BCUT2D eigenvalue weighted by Crippen LogP contribution is -2.31. The average Bonchev–Trinajstić information content (AvgIpc) is 3.24. The Morgan fingerprint density at radius 2 is 1.90 bits per heavy atom. The zero-order chi connectivity index (χ0) is 14.4. The highest BCUT2D eigenvalue weighted by Gasteiger charge is 2.36. The van der Waals surface area contributed by atoms with Gasteiger partial charge in [-0.3, -0.25) is 9.59 Å². The second-order valence-electron chi connectivity index (χ2n) is 5.37. The molecule has 1 atom stereocenters. The number of rotatable bonds is 8. The van der Waals surface area contributed by atoms with Gasteiger partial charge in [0.25, 0.3) is 0 Å². The summed E-state index contributed by atoms with van der Waals surface area (Å²) in [6.45, 7) is 0.558. The van der Waals surface area contributed by atoms with Gasteiger partial charge in [-0.05, 0) is 37.2 Å². The van der Waals surface area contributed by atoms with Gasteiger partial charge in [0.2, 0.25) is 5.91 Å². The number of carbonyl (C=O) groups excluding carboxylic acids is 1. The van der Waals surface area contributed by atoms with E-state index in [1.54, 1.807) is 0 Å². The third-order valence-corrected chi connectivity index (χ3v) is 3.65. The molecule has 4 nitrogen and oxygen atoms in total. The minimum absolute atomic E-state index is 0.0457. The second kappa shape index (κ2) is 7.08. The molecule has 4 heteroatoms. The van der Waals surface area contributed by atoms with Crippen molar-refractivity contribution in [3.8, 4) is 0 Å². The molecule has 0 heterocycles. The summed E-state index contributed by atoms with van der Waals surface area (Å²) in [6, 6.07) is 9.90. The highest BCUT2D eigenvalue weighted by atomic mass is 16.4. The van der Waals surface area contributed by atoms with E-state index in [1.165, 1.54) is 0 Å². The van der Waals surface area contributed by atoms with Crippen LogP contribution in [0.15, 0.2) is 30.3 Å². The molecule has 2 N–H and O–H groups in total. The highest BCUT2D eigenvalue weighted by molar-refractivity contribution is 5.84. The molecule has 1 unspecified atom stereocenters. The van der Waals surface area contributed by atoms with E-state index >= 15 is 0 Å². The maximum atomic E-state index is 12.3. The lowest BCUT2D eigenvalue weighted by atomic mass is 9.93. The Balaban J connectivity index is 1.81. The fourth-order valence-corrected chi connectivity index (χ4v) is 2.45. The molecule has 1 saturated carbocycles. The van der Waals surface area contributed by atoms with Crippen molar-refractivity contribution in [3.63, 3.8) is 0 Å². The third kappa shape index (κ3) is 4.37. The molecule has 1 fully saturated rings. The van der Waals surface area contributed by atoms with Crippen LogP contribution in [0.3, 0.4) is 0 Å².